The summed E-state index contributed by atoms with van der Waals surface area (Å²) in [6.45, 7) is 6.64. The Kier molecular flexibility index (Phi) is 48.8. The zero-order valence-electron chi connectivity index (χ0n) is 40.9. The molecule has 0 aliphatic heterocycles. The predicted octanol–water partition coefficient (Wildman–Crippen LogP) is 17.5. The Hall–Kier alpha value is -2.11. The van der Waals surface area contributed by atoms with E-state index in [9.17, 15) is 14.4 Å². The highest BCUT2D eigenvalue weighted by atomic mass is 16.6. The Balaban J connectivity index is 4.37. The molecule has 0 heterocycles. The fourth-order valence-electron chi connectivity index (χ4n) is 7.84. The monoisotopic (exact) mass is 859 g/mol. The Morgan fingerprint density at radius 1 is 0.311 bits per heavy atom. The third kappa shape index (κ3) is 48.8. The maximum Gasteiger partial charge on any atom is 0.306 e. The summed E-state index contributed by atoms with van der Waals surface area (Å²) < 4.78 is 16.8. The molecular formula is C55H102O6. The quantitative estimate of drug-likeness (QED) is 0.0262. The van der Waals surface area contributed by atoms with Crippen molar-refractivity contribution in [3.05, 3.63) is 24.3 Å². The molecule has 0 radical (unpaired) electrons. The summed E-state index contributed by atoms with van der Waals surface area (Å²) in [7, 11) is 0. The molecule has 6 nitrogen and oxygen atoms in total. The van der Waals surface area contributed by atoms with Gasteiger partial charge in [0.2, 0.25) is 0 Å². The zero-order valence-corrected chi connectivity index (χ0v) is 40.9. The van der Waals surface area contributed by atoms with E-state index in [2.05, 4.69) is 45.1 Å². The van der Waals surface area contributed by atoms with Crippen molar-refractivity contribution in [1.82, 2.24) is 0 Å². The standard InChI is InChI=1S/C55H102O6/c1-4-7-10-13-16-19-22-25-27-30-33-36-39-42-45-48-54(57)60-51-52(50-59-53(56)47-44-41-38-35-32-29-24-21-18-15-12-9-6-3)61-55(58)49-46-43-40-37-34-31-28-26-23-20-17-14-11-8-5-2/h25-28,52H,4-24,29-51H2,1-3H3/b27-25-,28-26-/t52-/m1/s1. The summed E-state index contributed by atoms with van der Waals surface area (Å²) in [6.07, 6.45) is 57.3. The number of unbranched alkanes of at least 4 members (excludes halogenated alkanes) is 34. The fraction of sp³-hybridized carbons (Fsp3) is 0.873. The first-order valence-corrected chi connectivity index (χ1v) is 26.8. The molecule has 61 heavy (non-hydrogen) atoms. The van der Waals surface area contributed by atoms with Crippen LogP contribution in [-0.4, -0.2) is 37.2 Å². The van der Waals surface area contributed by atoms with Crippen molar-refractivity contribution < 1.29 is 28.6 Å². The van der Waals surface area contributed by atoms with E-state index in [0.717, 1.165) is 70.6 Å². The molecule has 0 saturated carbocycles. The third-order valence-corrected chi connectivity index (χ3v) is 11.9. The topological polar surface area (TPSA) is 78.9 Å². The smallest absolute Gasteiger partial charge is 0.306 e. The lowest BCUT2D eigenvalue weighted by atomic mass is 10.0. The average molecular weight is 859 g/mol. The van der Waals surface area contributed by atoms with Crippen LogP contribution in [0.4, 0.5) is 0 Å². The number of rotatable bonds is 49. The molecule has 0 unspecified atom stereocenters. The van der Waals surface area contributed by atoms with E-state index in [1.165, 1.54) is 180 Å². The van der Waals surface area contributed by atoms with E-state index in [-0.39, 0.29) is 31.1 Å². The summed E-state index contributed by atoms with van der Waals surface area (Å²) in [5, 5.41) is 0. The summed E-state index contributed by atoms with van der Waals surface area (Å²) in [5.74, 6) is -0.876. The lowest BCUT2D eigenvalue weighted by molar-refractivity contribution is -0.167. The largest absolute Gasteiger partial charge is 0.462 e. The van der Waals surface area contributed by atoms with Gasteiger partial charge in [0.15, 0.2) is 6.10 Å². The Morgan fingerprint density at radius 3 is 0.820 bits per heavy atom. The maximum atomic E-state index is 12.8. The highest BCUT2D eigenvalue weighted by Crippen LogP contribution is 2.15. The van der Waals surface area contributed by atoms with Crippen LogP contribution in [0.1, 0.15) is 290 Å². The number of allylic oxidation sites excluding steroid dienone is 4. The molecule has 0 rings (SSSR count). The van der Waals surface area contributed by atoms with E-state index in [1.807, 2.05) is 0 Å². The van der Waals surface area contributed by atoms with Gasteiger partial charge in [-0.3, -0.25) is 14.4 Å². The minimum absolute atomic E-state index is 0.0733. The Morgan fingerprint density at radius 2 is 0.541 bits per heavy atom. The SMILES string of the molecule is CCCCCCCC/C=C\CCCCCCCC(=O)OC[C@@H](COC(=O)CCCCCCCCCCCCCCC)OC(=O)CCCCCCC/C=C\CCCCCCCC. The first kappa shape index (κ1) is 58.9. The molecule has 0 aromatic rings. The second kappa shape index (κ2) is 50.5. The van der Waals surface area contributed by atoms with Crippen LogP contribution in [0, 0.1) is 0 Å². The molecule has 0 saturated heterocycles. The molecule has 0 bridgehead atoms. The van der Waals surface area contributed by atoms with Crippen molar-refractivity contribution in [3.63, 3.8) is 0 Å². The summed E-state index contributed by atoms with van der Waals surface area (Å²) in [6, 6.07) is 0. The van der Waals surface area contributed by atoms with Crippen LogP contribution in [-0.2, 0) is 28.6 Å². The minimum Gasteiger partial charge on any atom is -0.462 e. The summed E-state index contributed by atoms with van der Waals surface area (Å²) >= 11 is 0. The van der Waals surface area contributed by atoms with E-state index >= 15 is 0 Å². The molecule has 0 spiro atoms. The van der Waals surface area contributed by atoms with Gasteiger partial charge in [-0.05, 0) is 70.6 Å². The van der Waals surface area contributed by atoms with Crippen molar-refractivity contribution in [3.8, 4) is 0 Å². The van der Waals surface area contributed by atoms with Gasteiger partial charge >= 0.3 is 17.9 Å². The predicted molar refractivity (Wildman–Crippen MR) is 261 cm³/mol. The van der Waals surface area contributed by atoms with Gasteiger partial charge in [0.05, 0.1) is 0 Å². The van der Waals surface area contributed by atoms with Gasteiger partial charge < -0.3 is 14.2 Å². The van der Waals surface area contributed by atoms with Crippen LogP contribution in [0.15, 0.2) is 24.3 Å². The minimum atomic E-state index is -0.774. The van der Waals surface area contributed by atoms with Gasteiger partial charge in [-0.1, -0.05) is 225 Å². The van der Waals surface area contributed by atoms with E-state index < -0.39 is 6.10 Å². The molecule has 358 valence electrons. The molecule has 0 fully saturated rings. The van der Waals surface area contributed by atoms with Gasteiger partial charge in [-0.15, -0.1) is 0 Å². The number of esters is 3. The number of carbonyl (C=O) groups excluding carboxylic acids is 3. The second-order valence-electron chi connectivity index (χ2n) is 18.1. The molecule has 6 heteroatoms. The average Bonchev–Trinajstić information content (AvgIpc) is 3.26. The summed E-state index contributed by atoms with van der Waals surface area (Å²) in [5.41, 5.74) is 0. The van der Waals surface area contributed by atoms with Crippen molar-refractivity contribution in [1.29, 1.82) is 0 Å². The molecule has 0 aliphatic carbocycles. The molecule has 1 atom stereocenters. The fourth-order valence-corrected chi connectivity index (χ4v) is 7.84. The lowest BCUT2D eigenvalue weighted by Crippen LogP contribution is -2.30. The maximum absolute atomic E-state index is 12.8. The molecule has 0 N–H and O–H groups in total. The molecule has 0 aliphatic rings. The highest BCUT2D eigenvalue weighted by molar-refractivity contribution is 5.71. The Bertz CT molecular complexity index is 989. The van der Waals surface area contributed by atoms with Crippen LogP contribution >= 0.6 is 0 Å². The van der Waals surface area contributed by atoms with Crippen LogP contribution in [0.25, 0.3) is 0 Å². The van der Waals surface area contributed by atoms with Gasteiger partial charge in [-0.25, -0.2) is 0 Å². The van der Waals surface area contributed by atoms with E-state index in [4.69, 9.17) is 14.2 Å². The first-order chi connectivity index (χ1) is 30.0. The molecule has 0 amide bonds. The highest BCUT2D eigenvalue weighted by Gasteiger charge is 2.19. The Labute approximate surface area is 379 Å². The van der Waals surface area contributed by atoms with Gasteiger partial charge in [0, 0.05) is 19.3 Å². The van der Waals surface area contributed by atoms with Crippen molar-refractivity contribution in [2.45, 2.75) is 297 Å². The van der Waals surface area contributed by atoms with E-state index in [0.29, 0.717) is 19.3 Å². The van der Waals surface area contributed by atoms with Crippen LogP contribution < -0.4 is 0 Å². The van der Waals surface area contributed by atoms with Gasteiger partial charge in [-0.2, -0.15) is 0 Å². The lowest BCUT2D eigenvalue weighted by Gasteiger charge is -2.18. The number of carbonyl (C=O) groups is 3. The van der Waals surface area contributed by atoms with Crippen LogP contribution in [0.3, 0.4) is 0 Å². The van der Waals surface area contributed by atoms with Crippen LogP contribution in [0.2, 0.25) is 0 Å². The zero-order chi connectivity index (χ0) is 44.4. The number of hydrogen-bond acceptors (Lipinski definition) is 6. The van der Waals surface area contributed by atoms with Crippen LogP contribution in [0.5, 0.6) is 0 Å². The molecule has 0 aromatic heterocycles. The first-order valence-electron chi connectivity index (χ1n) is 26.8. The van der Waals surface area contributed by atoms with Crippen molar-refractivity contribution >= 4 is 17.9 Å². The van der Waals surface area contributed by atoms with Gasteiger partial charge in [0.1, 0.15) is 13.2 Å². The molecular weight excluding hydrogens is 757 g/mol. The van der Waals surface area contributed by atoms with Crippen molar-refractivity contribution in [2.24, 2.45) is 0 Å². The normalized spacial score (nSPS) is 12.1. The van der Waals surface area contributed by atoms with Crippen molar-refractivity contribution in [2.75, 3.05) is 13.2 Å². The number of ether oxygens (including phenoxy) is 3. The summed E-state index contributed by atoms with van der Waals surface area (Å²) in [4.78, 5) is 38.0. The van der Waals surface area contributed by atoms with E-state index in [1.54, 1.807) is 0 Å². The third-order valence-electron chi connectivity index (χ3n) is 11.9. The van der Waals surface area contributed by atoms with Gasteiger partial charge in [0.25, 0.3) is 0 Å². The second-order valence-corrected chi connectivity index (χ2v) is 18.1. The molecule has 0 aromatic carbocycles. The number of hydrogen-bond donors (Lipinski definition) is 0.